The van der Waals surface area contributed by atoms with Crippen molar-refractivity contribution in [2.75, 3.05) is 12.8 Å². The quantitative estimate of drug-likeness (QED) is 0.379. The second-order valence-electron chi connectivity index (χ2n) is 7.29. The first-order valence-corrected chi connectivity index (χ1v) is 11.0. The Labute approximate surface area is 188 Å². The maximum atomic E-state index is 12.6. The van der Waals surface area contributed by atoms with E-state index in [-0.39, 0.29) is 11.7 Å². The molecule has 8 nitrogen and oxygen atoms in total. The monoisotopic (exact) mass is 444 g/mol. The second kappa shape index (κ2) is 8.72. The van der Waals surface area contributed by atoms with Gasteiger partial charge in [-0.25, -0.2) is 4.68 Å². The van der Waals surface area contributed by atoms with Gasteiger partial charge in [0.1, 0.15) is 0 Å². The van der Waals surface area contributed by atoms with E-state index in [9.17, 15) is 4.79 Å². The highest BCUT2D eigenvalue weighted by Crippen LogP contribution is 2.29. The summed E-state index contributed by atoms with van der Waals surface area (Å²) in [5, 5.41) is 14.0. The number of aromatic nitrogens is 5. The topological polar surface area (TPSA) is 92.8 Å². The zero-order valence-electron chi connectivity index (χ0n) is 17.3. The molecule has 160 valence electrons. The van der Waals surface area contributed by atoms with Crippen molar-refractivity contribution in [2.45, 2.75) is 11.8 Å². The van der Waals surface area contributed by atoms with E-state index in [1.807, 2.05) is 67.0 Å². The lowest BCUT2D eigenvalue weighted by molar-refractivity contribution is -0.127. The first-order chi connectivity index (χ1) is 15.7. The van der Waals surface area contributed by atoms with Crippen LogP contribution in [0, 0.1) is 0 Å². The molecule has 0 spiro atoms. The molecule has 0 aliphatic heterocycles. The van der Waals surface area contributed by atoms with E-state index in [0.29, 0.717) is 17.7 Å². The Kier molecular flexibility index (Phi) is 5.47. The number of aromatic amines is 1. The number of thioether (sulfide) groups is 1. The molecular weight excluding hydrogens is 424 g/mol. The first-order valence-electron chi connectivity index (χ1n) is 10.0. The Balaban J connectivity index is 1.19. The number of carbonyl (C=O) groups excluding carboxylic acids is 1. The SMILES string of the molecule is CN(Cc1cnn(-c2ccccc2)c1)C(=O)CSc1nnc(-c2c[nH]c3ccccc23)o1. The lowest BCUT2D eigenvalue weighted by atomic mass is 10.2. The molecule has 0 aliphatic rings. The first kappa shape index (κ1) is 20.1. The Morgan fingerprint density at radius 2 is 1.94 bits per heavy atom. The molecule has 1 N–H and O–H groups in total. The number of nitrogens with one attached hydrogen (secondary N) is 1. The summed E-state index contributed by atoms with van der Waals surface area (Å²) in [6.07, 6.45) is 5.55. The van der Waals surface area contributed by atoms with Crippen LogP contribution in [0.5, 0.6) is 0 Å². The van der Waals surface area contributed by atoms with Gasteiger partial charge in [0.25, 0.3) is 11.1 Å². The smallest absolute Gasteiger partial charge is 0.277 e. The minimum absolute atomic E-state index is 0.0331. The van der Waals surface area contributed by atoms with Gasteiger partial charge in [-0.3, -0.25) is 4.79 Å². The van der Waals surface area contributed by atoms with Crippen molar-refractivity contribution in [1.82, 2.24) is 29.9 Å². The normalized spacial score (nSPS) is 11.2. The standard InChI is InChI=1S/C23H20N6O2S/c1-28(13-16-11-25-29(14-16)17-7-3-2-4-8-17)21(30)15-32-23-27-26-22(31-23)19-12-24-20-10-6-5-9-18(19)20/h2-12,14,24H,13,15H2,1H3. The predicted molar refractivity (Wildman–Crippen MR) is 122 cm³/mol. The molecule has 0 aliphatic carbocycles. The summed E-state index contributed by atoms with van der Waals surface area (Å²) >= 11 is 1.23. The van der Waals surface area contributed by atoms with E-state index in [1.54, 1.807) is 22.8 Å². The molecule has 9 heteroatoms. The summed E-state index contributed by atoms with van der Waals surface area (Å²) in [5.74, 6) is 0.604. The highest BCUT2D eigenvalue weighted by molar-refractivity contribution is 7.99. The molecule has 0 saturated carbocycles. The van der Waals surface area contributed by atoms with Crippen molar-refractivity contribution in [2.24, 2.45) is 0 Å². The fraction of sp³-hybridized carbons (Fsp3) is 0.130. The minimum Gasteiger partial charge on any atom is -0.411 e. The maximum Gasteiger partial charge on any atom is 0.277 e. The highest BCUT2D eigenvalue weighted by Gasteiger charge is 2.16. The molecule has 0 bridgehead atoms. The predicted octanol–water partition coefficient (Wildman–Crippen LogP) is 4.15. The van der Waals surface area contributed by atoms with E-state index in [0.717, 1.165) is 27.7 Å². The Bertz CT molecular complexity index is 1360. The molecule has 5 rings (SSSR count). The molecule has 0 fully saturated rings. The molecular formula is C23H20N6O2S. The van der Waals surface area contributed by atoms with Gasteiger partial charge < -0.3 is 14.3 Å². The number of amides is 1. The number of para-hydroxylation sites is 2. The van der Waals surface area contributed by atoms with Gasteiger partial charge in [-0.05, 0) is 18.2 Å². The lowest BCUT2D eigenvalue weighted by Crippen LogP contribution is -2.27. The third-order valence-corrected chi connectivity index (χ3v) is 5.85. The van der Waals surface area contributed by atoms with Crippen LogP contribution in [-0.2, 0) is 11.3 Å². The molecule has 5 aromatic rings. The number of benzene rings is 2. The van der Waals surface area contributed by atoms with Crippen LogP contribution in [-0.4, -0.2) is 48.6 Å². The number of hydrogen-bond donors (Lipinski definition) is 1. The Morgan fingerprint density at radius 3 is 2.81 bits per heavy atom. The lowest BCUT2D eigenvalue weighted by Gasteiger charge is -2.15. The fourth-order valence-electron chi connectivity index (χ4n) is 3.38. The van der Waals surface area contributed by atoms with Gasteiger partial charge in [-0.15, -0.1) is 10.2 Å². The van der Waals surface area contributed by atoms with Crippen molar-refractivity contribution in [3.8, 4) is 17.1 Å². The van der Waals surface area contributed by atoms with E-state index in [1.165, 1.54) is 11.8 Å². The largest absolute Gasteiger partial charge is 0.411 e. The molecule has 2 aromatic carbocycles. The van der Waals surface area contributed by atoms with Gasteiger partial charge in [0.05, 0.1) is 23.2 Å². The zero-order chi connectivity index (χ0) is 21.9. The van der Waals surface area contributed by atoms with Crippen molar-refractivity contribution in [3.63, 3.8) is 0 Å². The van der Waals surface area contributed by atoms with E-state index >= 15 is 0 Å². The number of rotatable bonds is 7. The van der Waals surface area contributed by atoms with Crippen molar-refractivity contribution < 1.29 is 9.21 Å². The van der Waals surface area contributed by atoms with Gasteiger partial charge in [0.15, 0.2) is 0 Å². The molecule has 0 unspecified atom stereocenters. The van der Waals surface area contributed by atoms with E-state index in [4.69, 9.17) is 4.42 Å². The summed E-state index contributed by atoms with van der Waals surface area (Å²) in [5.41, 5.74) is 3.78. The van der Waals surface area contributed by atoms with Crippen LogP contribution in [0.25, 0.3) is 28.0 Å². The van der Waals surface area contributed by atoms with Crippen LogP contribution in [0.4, 0.5) is 0 Å². The second-order valence-corrected chi connectivity index (χ2v) is 8.21. The van der Waals surface area contributed by atoms with Crippen molar-refractivity contribution >= 4 is 28.6 Å². The van der Waals surface area contributed by atoms with Gasteiger partial charge in [0, 0.05) is 42.5 Å². The summed E-state index contributed by atoms with van der Waals surface area (Å²) < 4.78 is 7.57. The van der Waals surface area contributed by atoms with Gasteiger partial charge in [-0.1, -0.05) is 48.2 Å². The highest BCUT2D eigenvalue weighted by atomic mass is 32.2. The van der Waals surface area contributed by atoms with Crippen LogP contribution < -0.4 is 0 Å². The summed E-state index contributed by atoms with van der Waals surface area (Å²) in [7, 11) is 1.77. The van der Waals surface area contributed by atoms with Crippen LogP contribution >= 0.6 is 11.8 Å². The summed E-state index contributed by atoms with van der Waals surface area (Å²) in [4.78, 5) is 17.4. The summed E-state index contributed by atoms with van der Waals surface area (Å²) in [6, 6.07) is 17.8. The molecule has 0 radical (unpaired) electrons. The number of nitrogens with zero attached hydrogens (tertiary/aromatic N) is 5. The average Bonchev–Trinajstić information content (AvgIpc) is 3.57. The number of hydrogen-bond acceptors (Lipinski definition) is 6. The number of H-pyrrole nitrogens is 1. The van der Waals surface area contributed by atoms with E-state index in [2.05, 4.69) is 20.3 Å². The fourth-order valence-corrected chi connectivity index (χ4v) is 4.09. The van der Waals surface area contributed by atoms with Crippen LogP contribution in [0.2, 0.25) is 0 Å². The molecule has 1 amide bonds. The third kappa shape index (κ3) is 4.15. The van der Waals surface area contributed by atoms with E-state index < -0.39 is 0 Å². The van der Waals surface area contributed by atoms with Crippen LogP contribution in [0.1, 0.15) is 5.56 Å². The van der Waals surface area contributed by atoms with Crippen LogP contribution in [0.15, 0.2) is 82.8 Å². The average molecular weight is 445 g/mol. The number of fused-ring (bicyclic) bond motifs is 1. The molecule has 32 heavy (non-hydrogen) atoms. The molecule has 3 aromatic heterocycles. The molecule has 0 atom stereocenters. The molecule has 0 saturated heterocycles. The van der Waals surface area contributed by atoms with Gasteiger partial charge in [0.2, 0.25) is 5.91 Å². The minimum atomic E-state index is -0.0331. The summed E-state index contributed by atoms with van der Waals surface area (Å²) in [6.45, 7) is 0.469. The molecule has 3 heterocycles. The zero-order valence-corrected chi connectivity index (χ0v) is 18.1. The van der Waals surface area contributed by atoms with Gasteiger partial charge in [-0.2, -0.15) is 5.10 Å². The Hall–Kier alpha value is -3.85. The van der Waals surface area contributed by atoms with Crippen molar-refractivity contribution in [3.05, 3.63) is 78.8 Å². The number of carbonyl (C=O) groups is 1. The maximum absolute atomic E-state index is 12.6. The van der Waals surface area contributed by atoms with Crippen LogP contribution in [0.3, 0.4) is 0 Å². The third-order valence-electron chi connectivity index (χ3n) is 5.05. The Morgan fingerprint density at radius 1 is 1.12 bits per heavy atom. The van der Waals surface area contributed by atoms with Gasteiger partial charge >= 0.3 is 0 Å². The van der Waals surface area contributed by atoms with Crippen molar-refractivity contribution in [1.29, 1.82) is 0 Å².